The quantitative estimate of drug-likeness (QED) is 0.170. The molecule has 0 unspecified atom stereocenters. The molecular weight excluding hydrogens is 643 g/mol. The van der Waals surface area contributed by atoms with E-state index in [0.29, 0.717) is 5.82 Å². The summed E-state index contributed by atoms with van der Waals surface area (Å²) in [6.45, 7) is 0. The van der Waals surface area contributed by atoms with E-state index in [2.05, 4.69) is 156 Å². The van der Waals surface area contributed by atoms with Crippen molar-refractivity contribution in [3.8, 4) is 63.1 Å². The van der Waals surface area contributed by atoms with E-state index in [4.69, 9.17) is 16.4 Å². The van der Waals surface area contributed by atoms with E-state index in [9.17, 15) is 0 Å². The molecule has 53 heavy (non-hydrogen) atoms. The second kappa shape index (κ2) is 12.5. The summed E-state index contributed by atoms with van der Waals surface area (Å²) >= 11 is 0. The van der Waals surface area contributed by atoms with Crippen LogP contribution in [0.15, 0.2) is 182 Å². The lowest BCUT2D eigenvalue weighted by Gasteiger charge is -2.19. The van der Waals surface area contributed by atoms with Crippen molar-refractivity contribution in [2.75, 3.05) is 0 Å². The highest BCUT2D eigenvalue weighted by molar-refractivity contribution is 6.18. The zero-order valence-electron chi connectivity index (χ0n) is 28.7. The van der Waals surface area contributed by atoms with Gasteiger partial charge < -0.3 is 0 Å². The fraction of sp³-hybridized carbons (Fsp3) is 0. The van der Waals surface area contributed by atoms with E-state index < -0.39 is 0 Å². The SMILES string of the molecule is C#Cc1c(-c2cccc3ccccc23)c(-c2cccc3ccccc23)cc2c3ccccc3n(-c3cc(-c4ccccc4)nc(-c4ccccc4)n3)c12. The van der Waals surface area contributed by atoms with Gasteiger partial charge in [0.1, 0.15) is 5.82 Å². The molecular formula is C50H31N3. The Kier molecular flexibility index (Phi) is 7.20. The molecule has 0 fully saturated rings. The molecule has 2 aromatic heterocycles. The van der Waals surface area contributed by atoms with Gasteiger partial charge in [-0.25, -0.2) is 9.97 Å². The molecule has 0 N–H and O–H groups in total. The summed E-state index contributed by atoms with van der Waals surface area (Å²) < 4.78 is 2.25. The minimum Gasteiger partial charge on any atom is -0.292 e. The number of nitrogens with zero attached hydrogens (tertiary/aromatic N) is 3. The summed E-state index contributed by atoms with van der Waals surface area (Å²) in [6.07, 6.45) is 6.77. The van der Waals surface area contributed by atoms with E-state index in [1.54, 1.807) is 0 Å². The zero-order chi connectivity index (χ0) is 35.3. The number of aromatic nitrogens is 3. The summed E-state index contributed by atoms with van der Waals surface area (Å²) in [5.74, 6) is 4.66. The number of terminal acetylenes is 1. The molecule has 0 radical (unpaired) electrons. The Balaban J connectivity index is 1.39. The molecule has 10 rings (SSSR count). The maximum Gasteiger partial charge on any atom is 0.162 e. The highest BCUT2D eigenvalue weighted by Crippen LogP contribution is 2.47. The molecule has 10 aromatic rings. The first kappa shape index (κ1) is 30.5. The third-order valence-electron chi connectivity index (χ3n) is 10.3. The Bertz CT molecular complexity index is 2990. The van der Waals surface area contributed by atoms with Crippen molar-refractivity contribution in [2.45, 2.75) is 0 Å². The Labute approximate surface area is 307 Å². The first-order chi connectivity index (χ1) is 26.3. The molecule has 0 amide bonds. The number of fused-ring (bicyclic) bond motifs is 5. The van der Waals surface area contributed by atoms with Crippen LogP contribution in [-0.2, 0) is 0 Å². The number of hydrogen-bond donors (Lipinski definition) is 0. The summed E-state index contributed by atoms with van der Waals surface area (Å²) in [5.41, 5.74) is 9.93. The van der Waals surface area contributed by atoms with Crippen molar-refractivity contribution in [3.05, 3.63) is 188 Å². The number of para-hydroxylation sites is 1. The monoisotopic (exact) mass is 673 g/mol. The van der Waals surface area contributed by atoms with Gasteiger partial charge in [0.05, 0.1) is 22.3 Å². The van der Waals surface area contributed by atoms with Crippen molar-refractivity contribution in [1.29, 1.82) is 0 Å². The molecule has 0 bridgehead atoms. The molecule has 0 aliphatic heterocycles. The summed E-state index contributed by atoms with van der Waals surface area (Å²) in [5, 5.41) is 6.84. The molecule has 3 nitrogen and oxygen atoms in total. The predicted molar refractivity (Wildman–Crippen MR) is 221 cm³/mol. The lowest BCUT2D eigenvalue weighted by Crippen LogP contribution is -2.04. The van der Waals surface area contributed by atoms with Crippen LogP contribution in [0.1, 0.15) is 5.56 Å². The Hall–Kier alpha value is -7.28. The second-order valence-corrected chi connectivity index (χ2v) is 13.3. The van der Waals surface area contributed by atoms with Crippen LogP contribution < -0.4 is 0 Å². The smallest absolute Gasteiger partial charge is 0.162 e. The largest absolute Gasteiger partial charge is 0.292 e. The van der Waals surface area contributed by atoms with Crippen LogP contribution in [0.4, 0.5) is 0 Å². The van der Waals surface area contributed by atoms with Gasteiger partial charge in [-0.1, -0.05) is 170 Å². The van der Waals surface area contributed by atoms with Crippen molar-refractivity contribution >= 4 is 43.4 Å². The van der Waals surface area contributed by atoms with Gasteiger partial charge in [0, 0.05) is 33.5 Å². The van der Waals surface area contributed by atoms with Gasteiger partial charge in [0.2, 0.25) is 0 Å². The van der Waals surface area contributed by atoms with Crippen molar-refractivity contribution in [2.24, 2.45) is 0 Å². The van der Waals surface area contributed by atoms with Crippen molar-refractivity contribution in [1.82, 2.24) is 14.5 Å². The second-order valence-electron chi connectivity index (χ2n) is 13.3. The fourth-order valence-electron chi connectivity index (χ4n) is 7.92. The van der Waals surface area contributed by atoms with E-state index in [1.807, 2.05) is 36.4 Å². The van der Waals surface area contributed by atoms with Gasteiger partial charge in [-0.3, -0.25) is 4.57 Å². The fourth-order valence-corrected chi connectivity index (χ4v) is 7.92. The molecule has 0 aliphatic carbocycles. The topological polar surface area (TPSA) is 30.7 Å². The van der Waals surface area contributed by atoms with Gasteiger partial charge in [-0.05, 0) is 50.4 Å². The normalized spacial score (nSPS) is 11.4. The van der Waals surface area contributed by atoms with E-state index >= 15 is 0 Å². The first-order valence-corrected chi connectivity index (χ1v) is 17.8. The Morgan fingerprint density at radius 2 is 1.02 bits per heavy atom. The molecule has 2 heterocycles. The van der Waals surface area contributed by atoms with E-state index in [-0.39, 0.29) is 0 Å². The minimum absolute atomic E-state index is 0.650. The standard InChI is InChI=1S/C50H31N3/c1-2-37-48(42-29-16-24-34-18-10-12-26-39(34)42)43(40-28-15-23-33-17-9-11-25-38(33)40)31-44-41-27-13-14-30-46(41)53(49(37)44)47-32-45(35-19-5-3-6-20-35)51-50(52-47)36-21-7-4-8-22-36/h1,3-32H. The maximum absolute atomic E-state index is 6.77. The predicted octanol–water partition coefficient (Wildman–Crippen LogP) is 12.5. The minimum atomic E-state index is 0.650. The van der Waals surface area contributed by atoms with Gasteiger partial charge in [0.25, 0.3) is 0 Å². The number of hydrogen-bond acceptors (Lipinski definition) is 2. The van der Waals surface area contributed by atoms with Crippen molar-refractivity contribution in [3.63, 3.8) is 0 Å². The van der Waals surface area contributed by atoms with E-state index in [1.165, 1.54) is 10.8 Å². The van der Waals surface area contributed by atoms with Gasteiger partial charge >= 0.3 is 0 Å². The molecule has 246 valence electrons. The van der Waals surface area contributed by atoms with E-state index in [0.717, 1.165) is 83.0 Å². The molecule has 0 atom stereocenters. The van der Waals surface area contributed by atoms with Crippen LogP contribution in [0.2, 0.25) is 0 Å². The highest BCUT2D eigenvalue weighted by Gasteiger charge is 2.25. The lowest BCUT2D eigenvalue weighted by molar-refractivity contribution is 1.05. The molecule has 0 aliphatic rings. The first-order valence-electron chi connectivity index (χ1n) is 17.8. The third-order valence-corrected chi connectivity index (χ3v) is 10.3. The van der Waals surface area contributed by atoms with Crippen LogP contribution >= 0.6 is 0 Å². The Morgan fingerprint density at radius 3 is 1.72 bits per heavy atom. The lowest BCUT2D eigenvalue weighted by atomic mass is 9.85. The maximum atomic E-state index is 6.77. The van der Waals surface area contributed by atoms with Crippen LogP contribution in [0.25, 0.3) is 94.1 Å². The van der Waals surface area contributed by atoms with Gasteiger partial charge in [0.15, 0.2) is 5.82 Å². The molecule has 0 saturated carbocycles. The molecule has 3 heteroatoms. The van der Waals surface area contributed by atoms with Crippen LogP contribution in [0.5, 0.6) is 0 Å². The zero-order valence-corrected chi connectivity index (χ0v) is 28.7. The van der Waals surface area contributed by atoms with Crippen molar-refractivity contribution < 1.29 is 0 Å². The molecule has 8 aromatic carbocycles. The third kappa shape index (κ3) is 5.00. The van der Waals surface area contributed by atoms with Crippen LogP contribution in [0, 0.1) is 12.3 Å². The Morgan fingerprint density at radius 1 is 0.453 bits per heavy atom. The van der Waals surface area contributed by atoms with Gasteiger partial charge in [-0.15, -0.1) is 6.42 Å². The number of benzene rings is 8. The summed E-state index contributed by atoms with van der Waals surface area (Å²) in [4.78, 5) is 10.4. The summed E-state index contributed by atoms with van der Waals surface area (Å²) in [6, 6.07) is 63.6. The van der Waals surface area contributed by atoms with Crippen LogP contribution in [0.3, 0.4) is 0 Å². The summed E-state index contributed by atoms with van der Waals surface area (Å²) in [7, 11) is 0. The van der Waals surface area contributed by atoms with Gasteiger partial charge in [-0.2, -0.15) is 0 Å². The molecule has 0 saturated heterocycles. The molecule has 0 spiro atoms. The average molecular weight is 674 g/mol. The highest BCUT2D eigenvalue weighted by atomic mass is 15.1. The number of rotatable bonds is 5. The average Bonchev–Trinajstić information content (AvgIpc) is 3.57. The van der Waals surface area contributed by atoms with Crippen LogP contribution in [-0.4, -0.2) is 14.5 Å².